The van der Waals surface area contributed by atoms with Crippen molar-refractivity contribution in [3.8, 4) is 0 Å². The summed E-state index contributed by atoms with van der Waals surface area (Å²) in [6.45, 7) is 3.33. The van der Waals surface area contributed by atoms with Crippen molar-refractivity contribution in [3.05, 3.63) is 48.6 Å². The van der Waals surface area contributed by atoms with Crippen molar-refractivity contribution < 1.29 is 48.7 Å². The van der Waals surface area contributed by atoms with Crippen LogP contribution in [0.4, 0.5) is 4.79 Å². The minimum absolute atomic E-state index is 0.0411. The van der Waals surface area contributed by atoms with Gasteiger partial charge in [0.2, 0.25) is 5.91 Å². The fraction of sp³-hybridized carbons (Fsp3) is 0.500. The Morgan fingerprint density at radius 1 is 1.18 bits per heavy atom. The normalized spacial score (nSPS) is 25.0. The van der Waals surface area contributed by atoms with E-state index in [-0.39, 0.29) is 13.2 Å². The number of amides is 2. The zero-order valence-corrected chi connectivity index (χ0v) is 18.7. The molecule has 2 amide bonds. The third-order valence-corrected chi connectivity index (χ3v) is 4.81. The molecule has 0 unspecified atom stereocenters. The van der Waals surface area contributed by atoms with Gasteiger partial charge in [-0.25, -0.2) is 9.59 Å². The topological polar surface area (TPSA) is 173 Å². The summed E-state index contributed by atoms with van der Waals surface area (Å²) in [5.74, 6) is -1.40. The largest absolute Gasteiger partial charge is 0.460 e. The minimum atomic E-state index is -1.53. The SMILES string of the molecule is C=CCOC(=O)[C@H](CO[C@H]1O[C@H](CO)[C@H](O)[C@H](O)[C@H]1NC(C)=O)NC(=O)OCc1ccccc1. The van der Waals surface area contributed by atoms with Crippen LogP contribution in [0.3, 0.4) is 0 Å². The van der Waals surface area contributed by atoms with Crippen LogP contribution in [0.25, 0.3) is 0 Å². The van der Waals surface area contributed by atoms with Gasteiger partial charge < -0.3 is 44.9 Å². The Morgan fingerprint density at radius 3 is 2.50 bits per heavy atom. The molecule has 0 saturated carbocycles. The molecule has 1 fully saturated rings. The van der Waals surface area contributed by atoms with Gasteiger partial charge in [-0.3, -0.25) is 4.79 Å². The summed E-state index contributed by atoms with van der Waals surface area (Å²) in [6.07, 6.45) is -5.18. The number of hydrogen-bond donors (Lipinski definition) is 5. The predicted octanol–water partition coefficient (Wildman–Crippen LogP) is -1.03. The molecule has 1 heterocycles. The lowest BCUT2D eigenvalue weighted by molar-refractivity contribution is -0.271. The summed E-state index contributed by atoms with van der Waals surface area (Å²) in [7, 11) is 0. The molecule has 0 spiro atoms. The summed E-state index contributed by atoms with van der Waals surface area (Å²) >= 11 is 0. The first-order chi connectivity index (χ1) is 16.3. The van der Waals surface area contributed by atoms with Gasteiger partial charge in [0, 0.05) is 6.92 Å². The number of hydrogen-bond acceptors (Lipinski definition) is 10. The molecule has 12 heteroatoms. The molecular formula is C22H30N2O10. The Bertz CT molecular complexity index is 821. The average Bonchev–Trinajstić information content (AvgIpc) is 2.83. The number of carbonyl (C=O) groups excluding carboxylic acids is 3. The van der Waals surface area contributed by atoms with E-state index in [1.54, 1.807) is 24.3 Å². The van der Waals surface area contributed by atoms with E-state index in [1.807, 2.05) is 6.07 Å². The maximum Gasteiger partial charge on any atom is 0.408 e. The first-order valence-corrected chi connectivity index (χ1v) is 10.5. The zero-order valence-electron chi connectivity index (χ0n) is 18.7. The Labute approximate surface area is 196 Å². The molecule has 6 atom stereocenters. The van der Waals surface area contributed by atoms with Crippen LogP contribution in [0.1, 0.15) is 12.5 Å². The summed E-state index contributed by atoms with van der Waals surface area (Å²) in [5, 5.41) is 34.6. The van der Waals surface area contributed by atoms with Crippen LogP contribution in [-0.2, 0) is 35.1 Å². The highest BCUT2D eigenvalue weighted by atomic mass is 16.7. The molecule has 1 aliphatic heterocycles. The van der Waals surface area contributed by atoms with Crippen LogP contribution >= 0.6 is 0 Å². The quantitative estimate of drug-likeness (QED) is 0.194. The third-order valence-electron chi connectivity index (χ3n) is 4.81. The van der Waals surface area contributed by atoms with E-state index in [4.69, 9.17) is 18.9 Å². The van der Waals surface area contributed by atoms with Crippen LogP contribution in [0.15, 0.2) is 43.0 Å². The van der Waals surface area contributed by atoms with Crippen molar-refractivity contribution in [2.45, 2.75) is 50.2 Å². The van der Waals surface area contributed by atoms with Gasteiger partial charge in [-0.1, -0.05) is 43.0 Å². The van der Waals surface area contributed by atoms with E-state index in [1.165, 1.54) is 13.0 Å². The maximum atomic E-state index is 12.4. The lowest BCUT2D eigenvalue weighted by atomic mass is 9.97. The van der Waals surface area contributed by atoms with Crippen molar-refractivity contribution in [2.75, 3.05) is 19.8 Å². The van der Waals surface area contributed by atoms with Crippen molar-refractivity contribution in [2.24, 2.45) is 0 Å². The molecule has 188 valence electrons. The Morgan fingerprint density at radius 2 is 1.88 bits per heavy atom. The van der Waals surface area contributed by atoms with Gasteiger partial charge in [0.15, 0.2) is 12.3 Å². The molecule has 0 aromatic heterocycles. The summed E-state index contributed by atoms with van der Waals surface area (Å²) < 4.78 is 21.1. The van der Waals surface area contributed by atoms with Gasteiger partial charge in [0.25, 0.3) is 0 Å². The van der Waals surface area contributed by atoms with Gasteiger partial charge in [-0.15, -0.1) is 0 Å². The lowest BCUT2D eigenvalue weighted by Gasteiger charge is -2.42. The van der Waals surface area contributed by atoms with Crippen LogP contribution < -0.4 is 10.6 Å². The van der Waals surface area contributed by atoms with Crippen molar-refractivity contribution in [1.29, 1.82) is 0 Å². The number of aliphatic hydroxyl groups is 3. The highest BCUT2D eigenvalue weighted by Crippen LogP contribution is 2.22. The van der Waals surface area contributed by atoms with E-state index in [0.29, 0.717) is 0 Å². The summed E-state index contributed by atoms with van der Waals surface area (Å²) in [5.41, 5.74) is 0.732. The lowest BCUT2D eigenvalue weighted by Crippen LogP contribution is -2.65. The number of nitrogens with one attached hydrogen (secondary N) is 2. The molecular weight excluding hydrogens is 452 g/mol. The van der Waals surface area contributed by atoms with Crippen molar-refractivity contribution in [3.63, 3.8) is 0 Å². The number of aliphatic hydroxyl groups excluding tert-OH is 3. The number of alkyl carbamates (subject to hydrolysis) is 1. The molecule has 1 aromatic carbocycles. The first-order valence-electron chi connectivity index (χ1n) is 10.5. The van der Waals surface area contributed by atoms with Gasteiger partial charge in [-0.2, -0.15) is 0 Å². The summed E-state index contributed by atoms with van der Waals surface area (Å²) in [4.78, 5) is 36.2. The molecule has 1 aromatic rings. The second-order valence-electron chi connectivity index (χ2n) is 7.44. The molecule has 12 nitrogen and oxygen atoms in total. The second kappa shape index (κ2) is 13.6. The zero-order chi connectivity index (χ0) is 25.1. The molecule has 0 radical (unpaired) electrons. The van der Waals surface area contributed by atoms with Gasteiger partial charge in [0.05, 0.1) is 13.2 Å². The van der Waals surface area contributed by atoms with Crippen LogP contribution in [0.5, 0.6) is 0 Å². The van der Waals surface area contributed by atoms with Crippen LogP contribution in [-0.4, -0.2) is 89.8 Å². The van der Waals surface area contributed by atoms with E-state index in [9.17, 15) is 29.7 Å². The smallest absolute Gasteiger partial charge is 0.408 e. The van der Waals surface area contributed by atoms with E-state index < -0.39 is 67.9 Å². The maximum absolute atomic E-state index is 12.4. The average molecular weight is 482 g/mol. The summed E-state index contributed by atoms with van der Waals surface area (Å²) in [6, 6.07) is 6.32. The number of rotatable bonds is 11. The fourth-order valence-electron chi connectivity index (χ4n) is 3.12. The predicted molar refractivity (Wildman–Crippen MR) is 116 cm³/mol. The molecule has 0 bridgehead atoms. The van der Waals surface area contributed by atoms with Crippen molar-refractivity contribution in [1.82, 2.24) is 10.6 Å². The van der Waals surface area contributed by atoms with Crippen LogP contribution in [0, 0.1) is 0 Å². The third kappa shape index (κ3) is 8.08. The standard InChI is InChI=1S/C22H30N2O10/c1-3-9-31-20(29)15(24-22(30)33-11-14-7-5-4-6-8-14)12-32-21-17(23-13(2)26)19(28)18(27)16(10-25)34-21/h3-8,15-19,21,25,27-28H,1,9-12H2,2H3,(H,23,26)(H,24,30)/t15-,16+,17+,18-,19+,21-/m0/s1. The number of ether oxygens (including phenoxy) is 4. The molecule has 34 heavy (non-hydrogen) atoms. The van der Waals surface area contributed by atoms with Crippen molar-refractivity contribution >= 4 is 18.0 Å². The van der Waals surface area contributed by atoms with E-state index >= 15 is 0 Å². The Balaban J connectivity index is 2.06. The molecule has 1 saturated heterocycles. The fourth-order valence-corrected chi connectivity index (χ4v) is 3.12. The van der Waals surface area contributed by atoms with Gasteiger partial charge >= 0.3 is 12.1 Å². The number of carbonyl (C=O) groups is 3. The monoisotopic (exact) mass is 482 g/mol. The highest BCUT2D eigenvalue weighted by Gasteiger charge is 2.45. The van der Waals surface area contributed by atoms with E-state index in [0.717, 1.165) is 5.56 Å². The second-order valence-corrected chi connectivity index (χ2v) is 7.44. The molecule has 0 aliphatic carbocycles. The molecule has 5 N–H and O–H groups in total. The molecule has 2 rings (SSSR count). The van der Waals surface area contributed by atoms with E-state index in [2.05, 4.69) is 17.2 Å². The Hall–Kier alpha value is -3.03. The van der Waals surface area contributed by atoms with Crippen LogP contribution in [0.2, 0.25) is 0 Å². The van der Waals surface area contributed by atoms with Gasteiger partial charge in [0.1, 0.15) is 37.6 Å². The first kappa shape index (κ1) is 27.2. The molecule has 1 aliphatic rings. The number of esters is 1. The Kier molecular flexibility index (Phi) is 10.9. The minimum Gasteiger partial charge on any atom is -0.460 e. The highest BCUT2D eigenvalue weighted by molar-refractivity contribution is 5.81. The van der Waals surface area contributed by atoms with Gasteiger partial charge in [-0.05, 0) is 5.56 Å². The number of benzene rings is 1.